The van der Waals surface area contributed by atoms with E-state index in [1.807, 2.05) is 31.2 Å². The number of anilines is 1. The molecule has 1 heterocycles. The van der Waals surface area contributed by atoms with Gasteiger partial charge in [-0.2, -0.15) is 0 Å². The van der Waals surface area contributed by atoms with E-state index in [0.717, 1.165) is 24.2 Å². The van der Waals surface area contributed by atoms with Crippen molar-refractivity contribution in [3.05, 3.63) is 29.8 Å². The molecule has 1 saturated heterocycles. The van der Waals surface area contributed by atoms with E-state index in [4.69, 9.17) is 10.8 Å². The maximum Gasteiger partial charge on any atom is 0.225 e. The molecule has 2 rings (SSSR count). The molecule has 1 aliphatic heterocycles. The summed E-state index contributed by atoms with van der Waals surface area (Å²) in [6, 6.07) is 7.74. The minimum absolute atomic E-state index is 0.0548. The number of hydrogen-bond acceptors (Lipinski definition) is 3. The van der Waals surface area contributed by atoms with Gasteiger partial charge < -0.3 is 15.7 Å². The number of aliphatic hydroxyl groups is 1. The first-order chi connectivity index (χ1) is 8.05. The van der Waals surface area contributed by atoms with Crippen LogP contribution in [0.4, 0.5) is 5.69 Å². The van der Waals surface area contributed by atoms with Crippen molar-refractivity contribution >= 4 is 11.6 Å². The summed E-state index contributed by atoms with van der Waals surface area (Å²) in [6.07, 6.45) is 0.796. The summed E-state index contributed by atoms with van der Waals surface area (Å²) in [5, 5.41) is 8.97. The molecule has 3 N–H and O–H groups in total. The van der Waals surface area contributed by atoms with Gasteiger partial charge in [0.15, 0.2) is 0 Å². The van der Waals surface area contributed by atoms with Gasteiger partial charge in [0.05, 0.1) is 12.0 Å². The van der Waals surface area contributed by atoms with Gasteiger partial charge in [0.25, 0.3) is 0 Å². The monoisotopic (exact) mass is 234 g/mol. The standard InChI is InChI=1S/C13H18N2O2/c1-13(12(14)17)6-7-15(9-13)11-4-2-10(8-16)3-5-11/h2-5,16H,6-9H2,1H3,(H2,14,17). The van der Waals surface area contributed by atoms with Crippen LogP contribution in [0.3, 0.4) is 0 Å². The number of amides is 1. The van der Waals surface area contributed by atoms with Crippen molar-refractivity contribution < 1.29 is 9.90 Å². The molecule has 92 valence electrons. The topological polar surface area (TPSA) is 66.6 Å². The Labute approximate surface area is 101 Å². The third-order valence-electron chi connectivity index (χ3n) is 3.55. The molecule has 4 nitrogen and oxygen atoms in total. The summed E-state index contributed by atoms with van der Waals surface area (Å²) in [5.74, 6) is -0.230. The maximum atomic E-state index is 11.4. The highest BCUT2D eigenvalue weighted by molar-refractivity contribution is 5.82. The zero-order chi connectivity index (χ0) is 12.5. The highest BCUT2D eigenvalue weighted by Gasteiger charge is 2.38. The minimum Gasteiger partial charge on any atom is -0.392 e. The number of hydrogen-bond donors (Lipinski definition) is 2. The summed E-state index contributed by atoms with van der Waals surface area (Å²) in [6.45, 7) is 3.48. The lowest BCUT2D eigenvalue weighted by molar-refractivity contribution is -0.125. The average Bonchev–Trinajstić information content (AvgIpc) is 2.74. The van der Waals surface area contributed by atoms with Crippen LogP contribution in [0, 0.1) is 5.41 Å². The van der Waals surface area contributed by atoms with Gasteiger partial charge in [0, 0.05) is 18.8 Å². The fourth-order valence-electron chi connectivity index (χ4n) is 2.19. The van der Waals surface area contributed by atoms with Gasteiger partial charge in [-0.3, -0.25) is 4.79 Å². The number of nitrogens with two attached hydrogens (primary N) is 1. The fraction of sp³-hybridized carbons (Fsp3) is 0.462. The van der Waals surface area contributed by atoms with Crippen molar-refractivity contribution in [2.45, 2.75) is 20.0 Å². The van der Waals surface area contributed by atoms with E-state index >= 15 is 0 Å². The second kappa shape index (κ2) is 4.37. The first-order valence-corrected chi connectivity index (χ1v) is 5.80. The van der Waals surface area contributed by atoms with Crippen LogP contribution in [0.1, 0.15) is 18.9 Å². The lowest BCUT2D eigenvalue weighted by Gasteiger charge is -2.22. The molecule has 1 aromatic rings. The van der Waals surface area contributed by atoms with Crippen LogP contribution < -0.4 is 10.6 Å². The van der Waals surface area contributed by atoms with Gasteiger partial charge in [-0.1, -0.05) is 12.1 Å². The molecular weight excluding hydrogens is 216 g/mol. The lowest BCUT2D eigenvalue weighted by Crippen LogP contribution is -2.37. The predicted molar refractivity (Wildman–Crippen MR) is 66.5 cm³/mol. The Morgan fingerprint density at radius 3 is 2.59 bits per heavy atom. The number of carbonyl (C=O) groups excluding carboxylic acids is 1. The smallest absolute Gasteiger partial charge is 0.225 e. The highest BCUT2D eigenvalue weighted by atomic mass is 16.3. The first-order valence-electron chi connectivity index (χ1n) is 5.80. The zero-order valence-corrected chi connectivity index (χ0v) is 10.0. The van der Waals surface area contributed by atoms with Crippen LogP contribution in [0.2, 0.25) is 0 Å². The van der Waals surface area contributed by atoms with Crippen LogP contribution in [-0.4, -0.2) is 24.1 Å². The summed E-state index contributed by atoms with van der Waals surface area (Å²) >= 11 is 0. The van der Waals surface area contributed by atoms with Gasteiger partial charge in [-0.05, 0) is 31.0 Å². The molecule has 1 atom stereocenters. The van der Waals surface area contributed by atoms with E-state index in [-0.39, 0.29) is 12.5 Å². The van der Waals surface area contributed by atoms with Crippen molar-refractivity contribution in [3.63, 3.8) is 0 Å². The van der Waals surface area contributed by atoms with Crippen LogP contribution in [-0.2, 0) is 11.4 Å². The van der Waals surface area contributed by atoms with E-state index in [1.165, 1.54) is 0 Å². The molecule has 0 spiro atoms. The molecule has 17 heavy (non-hydrogen) atoms. The van der Waals surface area contributed by atoms with Gasteiger partial charge in [0.1, 0.15) is 0 Å². The average molecular weight is 234 g/mol. The molecule has 0 aliphatic carbocycles. The van der Waals surface area contributed by atoms with E-state index in [1.54, 1.807) is 0 Å². The lowest BCUT2D eigenvalue weighted by atomic mass is 9.89. The SMILES string of the molecule is CC1(C(N)=O)CCN(c2ccc(CO)cc2)C1. The number of aliphatic hydroxyl groups excluding tert-OH is 1. The molecular formula is C13H18N2O2. The third kappa shape index (κ3) is 2.26. The molecule has 0 saturated carbocycles. The molecule has 0 aromatic heterocycles. The van der Waals surface area contributed by atoms with Gasteiger partial charge in [-0.15, -0.1) is 0 Å². The quantitative estimate of drug-likeness (QED) is 0.816. The first kappa shape index (κ1) is 11.9. The molecule has 1 unspecified atom stereocenters. The molecule has 1 amide bonds. The second-order valence-corrected chi connectivity index (χ2v) is 4.92. The maximum absolute atomic E-state index is 11.4. The number of carbonyl (C=O) groups is 1. The van der Waals surface area contributed by atoms with Crippen LogP contribution in [0.25, 0.3) is 0 Å². The Kier molecular flexibility index (Phi) is 3.07. The minimum atomic E-state index is -0.421. The fourth-order valence-corrected chi connectivity index (χ4v) is 2.19. The molecule has 0 bridgehead atoms. The zero-order valence-electron chi connectivity index (χ0n) is 10.0. The Balaban J connectivity index is 2.12. The number of nitrogens with zero attached hydrogens (tertiary/aromatic N) is 1. The van der Waals surface area contributed by atoms with Crippen LogP contribution in [0.5, 0.6) is 0 Å². The van der Waals surface area contributed by atoms with E-state index in [9.17, 15) is 4.79 Å². The molecule has 0 radical (unpaired) electrons. The number of rotatable bonds is 3. The van der Waals surface area contributed by atoms with Gasteiger partial charge in [0.2, 0.25) is 5.91 Å². The Hall–Kier alpha value is -1.55. The Bertz CT molecular complexity index is 416. The number of primary amides is 1. The van der Waals surface area contributed by atoms with Crippen molar-refractivity contribution in [2.24, 2.45) is 11.1 Å². The van der Waals surface area contributed by atoms with Crippen molar-refractivity contribution in [1.29, 1.82) is 0 Å². The Morgan fingerprint density at radius 2 is 2.12 bits per heavy atom. The molecule has 1 aromatic carbocycles. The van der Waals surface area contributed by atoms with Gasteiger partial charge >= 0.3 is 0 Å². The molecule has 1 fully saturated rings. The number of benzene rings is 1. The highest BCUT2D eigenvalue weighted by Crippen LogP contribution is 2.32. The molecule has 4 heteroatoms. The predicted octanol–water partition coefficient (Wildman–Crippen LogP) is 0.881. The van der Waals surface area contributed by atoms with Crippen LogP contribution in [0.15, 0.2) is 24.3 Å². The summed E-state index contributed by atoms with van der Waals surface area (Å²) in [5.41, 5.74) is 6.97. The van der Waals surface area contributed by atoms with Crippen molar-refractivity contribution in [2.75, 3.05) is 18.0 Å². The van der Waals surface area contributed by atoms with E-state index < -0.39 is 5.41 Å². The van der Waals surface area contributed by atoms with Gasteiger partial charge in [-0.25, -0.2) is 0 Å². The Morgan fingerprint density at radius 1 is 1.47 bits per heavy atom. The van der Waals surface area contributed by atoms with Crippen molar-refractivity contribution in [1.82, 2.24) is 0 Å². The summed E-state index contributed by atoms with van der Waals surface area (Å²) in [4.78, 5) is 13.5. The summed E-state index contributed by atoms with van der Waals surface area (Å²) < 4.78 is 0. The third-order valence-corrected chi connectivity index (χ3v) is 3.55. The summed E-state index contributed by atoms with van der Waals surface area (Å²) in [7, 11) is 0. The van der Waals surface area contributed by atoms with E-state index in [2.05, 4.69) is 4.90 Å². The largest absolute Gasteiger partial charge is 0.392 e. The molecule has 1 aliphatic rings. The second-order valence-electron chi connectivity index (χ2n) is 4.92. The van der Waals surface area contributed by atoms with E-state index in [0.29, 0.717) is 6.54 Å². The van der Waals surface area contributed by atoms with Crippen molar-refractivity contribution in [3.8, 4) is 0 Å². The van der Waals surface area contributed by atoms with Crippen LogP contribution >= 0.6 is 0 Å². The normalized spacial score (nSPS) is 24.0.